The van der Waals surface area contributed by atoms with Crippen molar-refractivity contribution in [1.82, 2.24) is 4.98 Å². The number of methoxy groups -OCH3 is 1. The van der Waals surface area contributed by atoms with Gasteiger partial charge in [0, 0.05) is 17.3 Å². The maximum atomic E-state index is 5.28. The number of hydrogen-bond acceptors (Lipinski definition) is 2. The molecule has 4 aromatic rings. The van der Waals surface area contributed by atoms with Gasteiger partial charge in [0.2, 0.25) is 0 Å². The first-order valence-electron chi connectivity index (χ1n) is 8.60. The molecule has 0 fully saturated rings. The topological polar surface area (TPSA) is 22.1 Å². The van der Waals surface area contributed by atoms with Crippen LogP contribution in [-0.4, -0.2) is 12.1 Å². The summed E-state index contributed by atoms with van der Waals surface area (Å²) in [7, 11) is 1.68. The molecule has 1 aromatic heterocycles. The van der Waals surface area contributed by atoms with E-state index in [0.29, 0.717) is 0 Å². The molecule has 126 valence electrons. The lowest BCUT2D eigenvalue weighted by Gasteiger charge is -2.13. The lowest BCUT2D eigenvalue weighted by atomic mass is 9.94. The van der Waals surface area contributed by atoms with Crippen molar-refractivity contribution in [3.63, 3.8) is 0 Å². The monoisotopic (exact) mass is 337 g/mol. The predicted molar refractivity (Wildman–Crippen MR) is 107 cm³/mol. The van der Waals surface area contributed by atoms with Gasteiger partial charge in [-0.15, -0.1) is 0 Å². The summed E-state index contributed by atoms with van der Waals surface area (Å²) in [6, 6.07) is 31.0. The third-order valence-electron chi connectivity index (χ3n) is 4.46. The summed E-state index contributed by atoms with van der Waals surface area (Å²) in [6.07, 6.45) is 1.96. The fourth-order valence-corrected chi connectivity index (χ4v) is 3.08. The molecule has 0 atom stereocenters. The molecule has 0 saturated carbocycles. The lowest BCUT2D eigenvalue weighted by Crippen LogP contribution is -1.91. The van der Waals surface area contributed by atoms with E-state index in [1.54, 1.807) is 7.11 Å². The molecular formula is C24H19NO. The van der Waals surface area contributed by atoms with E-state index in [1.165, 1.54) is 11.1 Å². The minimum atomic E-state index is 0.851. The number of aromatic nitrogens is 1. The van der Waals surface area contributed by atoms with Crippen molar-refractivity contribution in [3.05, 3.63) is 97.2 Å². The second-order valence-corrected chi connectivity index (χ2v) is 6.08. The molecule has 0 aliphatic rings. The van der Waals surface area contributed by atoms with Gasteiger partial charge in [0.05, 0.1) is 12.8 Å². The highest BCUT2D eigenvalue weighted by Gasteiger charge is 2.11. The Kier molecular flexibility index (Phi) is 4.48. The minimum absolute atomic E-state index is 0.851. The van der Waals surface area contributed by atoms with Gasteiger partial charge in [-0.3, -0.25) is 4.98 Å². The van der Waals surface area contributed by atoms with E-state index in [0.717, 1.165) is 28.1 Å². The maximum absolute atomic E-state index is 5.28. The molecule has 2 nitrogen and oxygen atoms in total. The van der Waals surface area contributed by atoms with E-state index in [4.69, 9.17) is 9.72 Å². The zero-order valence-corrected chi connectivity index (χ0v) is 14.6. The van der Waals surface area contributed by atoms with Crippen LogP contribution in [0.25, 0.3) is 33.5 Å². The van der Waals surface area contributed by atoms with Gasteiger partial charge < -0.3 is 4.74 Å². The summed E-state index contributed by atoms with van der Waals surface area (Å²) in [6.45, 7) is 0. The highest BCUT2D eigenvalue weighted by molar-refractivity contribution is 5.85. The van der Waals surface area contributed by atoms with Crippen molar-refractivity contribution in [2.45, 2.75) is 0 Å². The average molecular weight is 337 g/mol. The normalized spacial score (nSPS) is 10.5. The van der Waals surface area contributed by atoms with Crippen LogP contribution >= 0.6 is 0 Å². The Morgan fingerprint density at radius 2 is 1.19 bits per heavy atom. The Balaban J connectivity index is 1.88. The first kappa shape index (κ1) is 16.1. The summed E-state index contributed by atoms with van der Waals surface area (Å²) in [5.74, 6) is 0.851. The van der Waals surface area contributed by atoms with Crippen LogP contribution in [0.1, 0.15) is 0 Å². The second kappa shape index (κ2) is 7.24. The van der Waals surface area contributed by atoms with E-state index < -0.39 is 0 Å². The van der Waals surface area contributed by atoms with Crippen LogP contribution in [-0.2, 0) is 0 Å². The summed E-state index contributed by atoms with van der Waals surface area (Å²) in [5, 5.41) is 0. The zero-order chi connectivity index (χ0) is 17.8. The molecule has 0 bridgehead atoms. The lowest BCUT2D eigenvalue weighted by molar-refractivity contribution is 0.415. The molecule has 0 radical (unpaired) electrons. The molecule has 0 aliphatic heterocycles. The Bertz CT molecular complexity index is 993. The standard InChI is InChI=1S/C24H19NO/c1-26-21-14-12-19(13-15-21)23-17-25-24(20-10-6-3-7-11-20)16-22(23)18-8-4-2-5-9-18/h2-17H,1H3. The van der Waals surface area contributed by atoms with Gasteiger partial charge in [0.1, 0.15) is 5.75 Å². The molecule has 0 N–H and O–H groups in total. The number of rotatable bonds is 4. The third kappa shape index (κ3) is 3.22. The zero-order valence-electron chi connectivity index (χ0n) is 14.6. The molecule has 0 aliphatic carbocycles. The van der Waals surface area contributed by atoms with Crippen LogP contribution in [0.3, 0.4) is 0 Å². The van der Waals surface area contributed by atoms with Gasteiger partial charge in [0.15, 0.2) is 0 Å². The van der Waals surface area contributed by atoms with Crippen LogP contribution < -0.4 is 4.74 Å². The highest BCUT2D eigenvalue weighted by Crippen LogP contribution is 2.34. The largest absolute Gasteiger partial charge is 0.497 e. The molecule has 0 saturated heterocycles. The fraction of sp³-hybridized carbons (Fsp3) is 0.0417. The highest BCUT2D eigenvalue weighted by atomic mass is 16.5. The van der Waals surface area contributed by atoms with E-state index in [-0.39, 0.29) is 0 Å². The molecule has 0 spiro atoms. The average Bonchev–Trinajstić information content (AvgIpc) is 2.75. The Morgan fingerprint density at radius 3 is 1.81 bits per heavy atom. The Morgan fingerprint density at radius 1 is 0.615 bits per heavy atom. The first-order chi connectivity index (χ1) is 12.8. The van der Waals surface area contributed by atoms with E-state index in [1.807, 2.05) is 42.6 Å². The number of pyridine rings is 1. The molecule has 26 heavy (non-hydrogen) atoms. The van der Waals surface area contributed by atoms with Crippen LogP contribution in [0.15, 0.2) is 97.2 Å². The van der Waals surface area contributed by atoms with Crippen molar-refractivity contribution in [1.29, 1.82) is 0 Å². The number of ether oxygens (including phenoxy) is 1. The molecule has 2 heteroatoms. The van der Waals surface area contributed by atoms with Crippen LogP contribution in [0.2, 0.25) is 0 Å². The van der Waals surface area contributed by atoms with E-state index in [9.17, 15) is 0 Å². The first-order valence-corrected chi connectivity index (χ1v) is 8.60. The quantitative estimate of drug-likeness (QED) is 0.449. The number of hydrogen-bond donors (Lipinski definition) is 0. The Hall–Kier alpha value is -3.39. The molecule has 0 amide bonds. The van der Waals surface area contributed by atoms with Crippen molar-refractivity contribution in [3.8, 4) is 39.3 Å². The van der Waals surface area contributed by atoms with Gasteiger partial charge in [-0.25, -0.2) is 0 Å². The summed E-state index contributed by atoms with van der Waals surface area (Å²) in [4.78, 5) is 4.72. The minimum Gasteiger partial charge on any atom is -0.497 e. The van der Waals surface area contributed by atoms with Crippen LogP contribution in [0.5, 0.6) is 5.75 Å². The SMILES string of the molecule is COc1ccc(-c2cnc(-c3ccccc3)cc2-c2ccccc2)cc1. The number of benzene rings is 3. The third-order valence-corrected chi connectivity index (χ3v) is 4.46. The molecular weight excluding hydrogens is 318 g/mol. The van der Waals surface area contributed by atoms with E-state index in [2.05, 4.69) is 54.6 Å². The molecule has 1 heterocycles. The predicted octanol–water partition coefficient (Wildman–Crippen LogP) is 6.09. The maximum Gasteiger partial charge on any atom is 0.118 e. The summed E-state index contributed by atoms with van der Waals surface area (Å²) in [5.41, 5.74) is 6.67. The molecule has 4 rings (SSSR count). The van der Waals surface area contributed by atoms with Crippen LogP contribution in [0, 0.1) is 0 Å². The van der Waals surface area contributed by atoms with Crippen molar-refractivity contribution in [2.24, 2.45) is 0 Å². The fourth-order valence-electron chi connectivity index (χ4n) is 3.08. The van der Waals surface area contributed by atoms with Gasteiger partial charge in [-0.1, -0.05) is 72.8 Å². The van der Waals surface area contributed by atoms with Crippen molar-refractivity contribution in [2.75, 3.05) is 7.11 Å². The number of nitrogens with zero attached hydrogens (tertiary/aromatic N) is 1. The summed E-state index contributed by atoms with van der Waals surface area (Å²) < 4.78 is 5.28. The molecule has 3 aromatic carbocycles. The van der Waals surface area contributed by atoms with Gasteiger partial charge in [0.25, 0.3) is 0 Å². The summed E-state index contributed by atoms with van der Waals surface area (Å²) >= 11 is 0. The second-order valence-electron chi connectivity index (χ2n) is 6.08. The van der Waals surface area contributed by atoms with Crippen molar-refractivity contribution < 1.29 is 4.74 Å². The van der Waals surface area contributed by atoms with Crippen molar-refractivity contribution >= 4 is 0 Å². The Labute approximate surface area is 153 Å². The van der Waals surface area contributed by atoms with Gasteiger partial charge in [-0.2, -0.15) is 0 Å². The van der Waals surface area contributed by atoms with Gasteiger partial charge in [-0.05, 0) is 34.9 Å². The smallest absolute Gasteiger partial charge is 0.118 e. The van der Waals surface area contributed by atoms with Crippen LogP contribution in [0.4, 0.5) is 0 Å². The molecule has 0 unspecified atom stereocenters. The van der Waals surface area contributed by atoms with Gasteiger partial charge >= 0.3 is 0 Å². The van der Waals surface area contributed by atoms with E-state index >= 15 is 0 Å².